The van der Waals surface area contributed by atoms with Crippen LogP contribution < -0.4 is 10.9 Å². The third-order valence-corrected chi connectivity index (χ3v) is 3.34. The van der Waals surface area contributed by atoms with Gasteiger partial charge >= 0.3 is 0 Å². The van der Waals surface area contributed by atoms with E-state index < -0.39 is 0 Å². The summed E-state index contributed by atoms with van der Waals surface area (Å²) < 4.78 is 1.41. The fourth-order valence-corrected chi connectivity index (χ4v) is 2.08. The number of alkyl halides is 1. The van der Waals surface area contributed by atoms with Crippen molar-refractivity contribution < 1.29 is 4.79 Å². The highest BCUT2D eigenvalue weighted by Gasteiger charge is 2.15. The maximum atomic E-state index is 12.1. The predicted octanol–water partition coefficient (Wildman–Crippen LogP) is 2.10. The van der Waals surface area contributed by atoms with E-state index in [0.717, 1.165) is 5.56 Å². The van der Waals surface area contributed by atoms with Gasteiger partial charge in [-0.2, -0.15) is 0 Å². The van der Waals surface area contributed by atoms with Crippen molar-refractivity contribution >= 4 is 17.5 Å². The van der Waals surface area contributed by atoms with E-state index in [1.807, 2.05) is 30.3 Å². The normalized spacial score (nSPS) is 11.9. The number of nitrogens with zero attached hydrogens (tertiary/aromatic N) is 1. The number of carbonyl (C=O) groups excluding carboxylic acids is 1. The Hall–Kier alpha value is -2.07. The molecule has 1 amide bonds. The van der Waals surface area contributed by atoms with Crippen molar-refractivity contribution in [1.82, 2.24) is 9.88 Å². The molecule has 104 valence electrons. The molecule has 0 bridgehead atoms. The fraction of sp³-hybridized carbons (Fsp3) is 0.200. The summed E-state index contributed by atoms with van der Waals surface area (Å²) in [7, 11) is 1.63. The Bertz CT molecular complexity index is 652. The topological polar surface area (TPSA) is 51.1 Å². The Morgan fingerprint density at radius 3 is 2.60 bits per heavy atom. The maximum absolute atomic E-state index is 12.1. The lowest BCUT2D eigenvalue weighted by atomic mass is 10.1. The molecular formula is C15H15ClN2O2. The number of carbonyl (C=O) groups is 1. The highest BCUT2D eigenvalue weighted by molar-refractivity contribution is 6.18. The highest BCUT2D eigenvalue weighted by atomic mass is 35.5. The second-order valence-corrected chi connectivity index (χ2v) is 4.76. The molecule has 0 fully saturated rings. The van der Waals surface area contributed by atoms with Crippen molar-refractivity contribution in [2.24, 2.45) is 7.05 Å². The van der Waals surface area contributed by atoms with Gasteiger partial charge in [0.25, 0.3) is 11.5 Å². The van der Waals surface area contributed by atoms with Gasteiger partial charge in [0.15, 0.2) is 0 Å². The minimum absolute atomic E-state index is 0.222. The van der Waals surface area contributed by atoms with Crippen molar-refractivity contribution in [1.29, 1.82) is 0 Å². The van der Waals surface area contributed by atoms with E-state index in [1.165, 1.54) is 10.6 Å². The van der Waals surface area contributed by atoms with Gasteiger partial charge in [0.05, 0.1) is 6.04 Å². The molecule has 1 heterocycles. The summed E-state index contributed by atoms with van der Waals surface area (Å²) >= 11 is 5.91. The second kappa shape index (κ2) is 6.39. The SMILES string of the molecule is Cn1ccc(C(=O)NC(CCl)c2ccccc2)cc1=O. The lowest BCUT2D eigenvalue weighted by molar-refractivity contribution is 0.0940. The quantitative estimate of drug-likeness (QED) is 0.877. The molecule has 2 rings (SSSR count). The van der Waals surface area contributed by atoms with Crippen LogP contribution in [0.5, 0.6) is 0 Å². The number of halogens is 1. The zero-order valence-corrected chi connectivity index (χ0v) is 11.8. The molecule has 2 aromatic rings. The number of aromatic nitrogens is 1. The number of aryl methyl sites for hydroxylation is 1. The van der Waals surface area contributed by atoms with Crippen molar-refractivity contribution in [3.63, 3.8) is 0 Å². The maximum Gasteiger partial charge on any atom is 0.252 e. The molecule has 0 spiro atoms. The number of hydrogen-bond acceptors (Lipinski definition) is 2. The highest BCUT2D eigenvalue weighted by Crippen LogP contribution is 2.14. The first kappa shape index (κ1) is 14.3. The van der Waals surface area contributed by atoms with Crippen LogP contribution in [0.4, 0.5) is 0 Å². The molecule has 1 N–H and O–H groups in total. The fourth-order valence-electron chi connectivity index (χ4n) is 1.83. The Labute approximate surface area is 122 Å². The van der Waals surface area contributed by atoms with Gasteiger partial charge in [-0.3, -0.25) is 9.59 Å². The predicted molar refractivity (Wildman–Crippen MR) is 79.1 cm³/mol. The largest absolute Gasteiger partial charge is 0.344 e. The van der Waals surface area contributed by atoms with Crippen LogP contribution in [0.2, 0.25) is 0 Å². The Balaban J connectivity index is 2.17. The molecule has 4 nitrogen and oxygen atoms in total. The molecule has 1 unspecified atom stereocenters. The number of amides is 1. The van der Waals surface area contributed by atoms with Gasteiger partial charge in [-0.05, 0) is 11.6 Å². The molecular weight excluding hydrogens is 276 g/mol. The smallest absolute Gasteiger partial charge is 0.252 e. The average molecular weight is 291 g/mol. The van der Waals surface area contributed by atoms with E-state index >= 15 is 0 Å². The molecule has 0 saturated carbocycles. The zero-order valence-electron chi connectivity index (χ0n) is 11.0. The average Bonchev–Trinajstić information content (AvgIpc) is 2.48. The van der Waals surface area contributed by atoms with Gasteiger partial charge in [-0.1, -0.05) is 30.3 Å². The van der Waals surface area contributed by atoms with Crippen LogP contribution in [-0.2, 0) is 7.05 Å². The van der Waals surface area contributed by atoms with Crippen molar-refractivity contribution in [2.45, 2.75) is 6.04 Å². The van der Waals surface area contributed by atoms with E-state index in [1.54, 1.807) is 19.3 Å². The van der Waals surface area contributed by atoms with Crippen LogP contribution in [0.15, 0.2) is 53.5 Å². The number of rotatable bonds is 4. The third-order valence-electron chi connectivity index (χ3n) is 3.03. The van der Waals surface area contributed by atoms with E-state index in [-0.39, 0.29) is 23.4 Å². The van der Waals surface area contributed by atoms with Crippen molar-refractivity contribution in [3.8, 4) is 0 Å². The summed E-state index contributed by atoms with van der Waals surface area (Å²) in [5, 5.41) is 2.83. The number of benzene rings is 1. The summed E-state index contributed by atoms with van der Waals surface area (Å²) in [6, 6.07) is 12.1. The Kier molecular flexibility index (Phi) is 4.58. The number of hydrogen-bond donors (Lipinski definition) is 1. The van der Waals surface area contributed by atoms with Gasteiger partial charge in [0, 0.05) is 30.8 Å². The first-order valence-corrected chi connectivity index (χ1v) is 6.73. The van der Waals surface area contributed by atoms with E-state index in [9.17, 15) is 9.59 Å². The lowest BCUT2D eigenvalue weighted by Crippen LogP contribution is -2.30. The van der Waals surface area contributed by atoms with Crippen LogP contribution >= 0.6 is 11.6 Å². The molecule has 0 aliphatic carbocycles. The van der Waals surface area contributed by atoms with Gasteiger partial charge in [-0.15, -0.1) is 11.6 Å². The molecule has 0 radical (unpaired) electrons. The minimum Gasteiger partial charge on any atom is -0.344 e. The van der Waals surface area contributed by atoms with Gasteiger partial charge in [0.1, 0.15) is 0 Å². The molecule has 1 atom stereocenters. The van der Waals surface area contributed by atoms with E-state index in [4.69, 9.17) is 11.6 Å². The second-order valence-electron chi connectivity index (χ2n) is 4.46. The lowest BCUT2D eigenvalue weighted by Gasteiger charge is -2.16. The minimum atomic E-state index is -0.308. The van der Waals surface area contributed by atoms with Crippen molar-refractivity contribution in [2.75, 3.05) is 5.88 Å². The summed E-state index contributed by atoms with van der Waals surface area (Å²) in [5.74, 6) is -0.0437. The van der Waals surface area contributed by atoms with Crippen molar-refractivity contribution in [3.05, 3.63) is 70.1 Å². The van der Waals surface area contributed by atoms with Crippen LogP contribution in [0.1, 0.15) is 22.0 Å². The third kappa shape index (κ3) is 3.27. The standard InChI is InChI=1S/C15H15ClN2O2/c1-18-8-7-12(9-14(18)19)15(20)17-13(10-16)11-5-3-2-4-6-11/h2-9,13H,10H2,1H3,(H,17,20). The van der Waals surface area contributed by atoms with Gasteiger partial charge < -0.3 is 9.88 Å². The van der Waals surface area contributed by atoms with Crippen LogP contribution in [-0.4, -0.2) is 16.4 Å². The van der Waals surface area contributed by atoms with Crippen LogP contribution in [0.25, 0.3) is 0 Å². The molecule has 1 aromatic carbocycles. The number of pyridine rings is 1. The Morgan fingerprint density at radius 1 is 1.30 bits per heavy atom. The van der Waals surface area contributed by atoms with Gasteiger partial charge in [-0.25, -0.2) is 0 Å². The first-order valence-electron chi connectivity index (χ1n) is 6.20. The summed E-state index contributed by atoms with van der Waals surface area (Å²) in [4.78, 5) is 23.7. The zero-order chi connectivity index (χ0) is 14.5. The van der Waals surface area contributed by atoms with Crippen LogP contribution in [0, 0.1) is 0 Å². The molecule has 0 saturated heterocycles. The monoisotopic (exact) mass is 290 g/mol. The van der Waals surface area contributed by atoms with E-state index in [0.29, 0.717) is 5.56 Å². The molecule has 20 heavy (non-hydrogen) atoms. The first-order chi connectivity index (χ1) is 9.61. The van der Waals surface area contributed by atoms with E-state index in [2.05, 4.69) is 5.32 Å². The van der Waals surface area contributed by atoms with Gasteiger partial charge in [0.2, 0.25) is 0 Å². The molecule has 0 aliphatic rings. The summed E-state index contributed by atoms with van der Waals surface area (Å²) in [6.07, 6.45) is 1.56. The number of nitrogens with one attached hydrogen (secondary N) is 1. The summed E-state index contributed by atoms with van der Waals surface area (Å²) in [5.41, 5.74) is 1.04. The molecule has 0 aliphatic heterocycles. The van der Waals surface area contributed by atoms with Crippen LogP contribution in [0.3, 0.4) is 0 Å². The molecule has 1 aromatic heterocycles. The Morgan fingerprint density at radius 2 is 2.00 bits per heavy atom. The summed E-state index contributed by atoms with van der Waals surface area (Å²) in [6.45, 7) is 0. The molecule has 5 heteroatoms.